The van der Waals surface area contributed by atoms with E-state index in [0.717, 1.165) is 22.9 Å². The fourth-order valence-corrected chi connectivity index (χ4v) is 4.00. The van der Waals surface area contributed by atoms with Crippen LogP contribution in [0.15, 0.2) is 12.3 Å². The number of sulfonamides is 1. The molecule has 0 atom stereocenters. The van der Waals surface area contributed by atoms with Crippen LogP contribution in [0.1, 0.15) is 25.3 Å². The van der Waals surface area contributed by atoms with Crippen LogP contribution < -0.4 is 18.9 Å². The first-order chi connectivity index (χ1) is 12.0. The van der Waals surface area contributed by atoms with Crippen molar-refractivity contribution >= 4 is 20.9 Å². The molecule has 25 heavy (non-hydrogen) atoms. The lowest BCUT2D eigenvalue weighted by molar-refractivity contribution is 0.327. The SMILES string of the molecule is CCCCS(=O)(=O)NCCc1c[nH]c2cc(OC)c(OC)c(OC)c12. The van der Waals surface area contributed by atoms with Gasteiger partial charge in [-0.25, -0.2) is 13.1 Å². The summed E-state index contributed by atoms with van der Waals surface area (Å²) in [6.07, 6.45) is 3.90. The van der Waals surface area contributed by atoms with E-state index in [1.807, 2.05) is 19.2 Å². The van der Waals surface area contributed by atoms with E-state index in [9.17, 15) is 8.42 Å². The van der Waals surface area contributed by atoms with Gasteiger partial charge in [0, 0.05) is 24.2 Å². The zero-order valence-electron chi connectivity index (χ0n) is 15.1. The molecule has 2 N–H and O–H groups in total. The molecule has 0 spiro atoms. The van der Waals surface area contributed by atoms with Crippen LogP contribution >= 0.6 is 0 Å². The highest BCUT2D eigenvalue weighted by Crippen LogP contribution is 2.44. The van der Waals surface area contributed by atoms with E-state index in [-0.39, 0.29) is 5.75 Å². The minimum absolute atomic E-state index is 0.158. The quantitative estimate of drug-likeness (QED) is 0.670. The minimum atomic E-state index is -3.23. The molecule has 2 rings (SSSR count). The predicted octanol–water partition coefficient (Wildman–Crippen LogP) is 2.46. The molecule has 1 heterocycles. The number of H-pyrrole nitrogens is 1. The Morgan fingerprint density at radius 1 is 1.12 bits per heavy atom. The molecule has 1 aromatic heterocycles. The van der Waals surface area contributed by atoms with Gasteiger partial charge in [0.2, 0.25) is 15.8 Å². The predicted molar refractivity (Wildman–Crippen MR) is 98.4 cm³/mol. The number of unbranched alkanes of at least 4 members (excludes halogenated alkanes) is 1. The molecule has 0 amide bonds. The van der Waals surface area contributed by atoms with E-state index in [4.69, 9.17) is 14.2 Å². The summed E-state index contributed by atoms with van der Waals surface area (Å²) in [6.45, 7) is 2.30. The fourth-order valence-electron chi connectivity index (χ4n) is 2.77. The van der Waals surface area contributed by atoms with E-state index in [0.29, 0.717) is 36.6 Å². The number of benzene rings is 1. The van der Waals surface area contributed by atoms with Crippen LogP contribution in [0, 0.1) is 0 Å². The second-order valence-corrected chi connectivity index (χ2v) is 7.62. The smallest absolute Gasteiger partial charge is 0.211 e. The van der Waals surface area contributed by atoms with Crippen molar-refractivity contribution in [3.8, 4) is 17.2 Å². The van der Waals surface area contributed by atoms with Crippen LogP contribution in [0.4, 0.5) is 0 Å². The van der Waals surface area contributed by atoms with Gasteiger partial charge in [-0.1, -0.05) is 13.3 Å². The minimum Gasteiger partial charge on any atom is -0.493 e. The number of hydrogen-bond acceptors (Lipinski definition) is 5. The Labute approximate surface area is 148 Å². The Morgan fingerprint density at radius 3 is 2.44 bits per heavy atom. The number of fused-ring (bicyclic) bond motifs is 1. The Morgan fingerprint density at radius 2 is 1.84 bits per heavy atom. The summed E-state index contributed by atoms with van der Waals surface area (Å²) in [5.41, 5.74) is 1.80. The topological polar surface area (TPSA) is 89.7 Å². The summed E-state index contributed by atoms with van der Waals surface area (Å²) in [5.74, 6) is 1.82. The molecule has 0 fully saturated rings. The summed E-state index contributed by atoms with van der Waals surface area (Å²) in [5, 5.41) is 0.868. The molecule has 7 nitrogen and oxygen atoms in total. The van der Waals surface area contributed by atoms with Crippen LogP contribution in [0.3, 0.4) is 0 Å². The van der Waals surface area contributed by atoms with Crippen molar-refractivity contribution in [1.82, 2.24) is 9.71 Å². The maximum Gasteiger partial charge on any atom is 0.211 e. The average molecular weight is 370 g/mol. The standard InChI is InChI=1S/C17H26N2O5S/c1-5-6-9-25(20,21)19-8-7-12-11-18-13-10-14(22-2)16(23-3)17(24-4)15(12)13/h10-11,18-19H,5-9H2,1-4H3. The molecule has 2 aromatic rings. The number of aromatic nitrogens is 1. The average Bonchev–Trinajstić information content (AvgIpc) is 3.00. The van der Waals surface area contributed by atoms with E-state index >= 15 is 0 Å². The molecule has 0 aliphatic carbocycles. The summed E-state index contributed by atoms with van der Waals surface area (Å²) >= 11 is 0. The maximum atomic E-state index is 11.9. The number of methoxy groups -OCH3 is 3. The maximum absolute atomic E-state index is 11.9. The number of nitrogens with one attached hydrogen (secondary N) is 2. The molecule has 140 valence electrons. The van der Waals surface area contributed by atoms with Crippen molar-refractivity contribution in [1.29, 1.82) is 0 Å². The van der Waals surface area contributed by atoms with Gasteiger partial charge in [-0.3, -0.25) is 0 Å². The second-order valence-electron chi connectivity index (χ2n) is 5.70. The van der Waals surface area contributed by atoms with Crippen molar-refractivity contribution in [2.75, 3.05) is 33.6 Å². The zero-order valence-corrected chi connectivity index (χ0v) is 16.0. The molecule has 0 aliphatic rings. The Bertz CT molecular complexity index is 814. The van der Waals surface area contributed by atoms with Crippen LogP contribution in [0.2, 0.25) is 0 Å². The number of ether oxygens (including phenoxy) is 3. The van der Waals surface area contributed by atoms with E-state index in [1.54, 1.807) is 21.3 Å². The molecule has 0 aliphatic heterocycles. The Kier molecular flexibility index (Phi) is 6.55. The van der Waals surface area contributed by atoms with Crippen molar-refractivity contribution in [2.24, 2.45) is 0 Å². The molecular weight excluding hydrogens is 344 g/mol. The van der Waals surface area contributed by atoms with Gasteiger partial charge >= 0.3 is 0 Å². The number of hydrogen-bond donors (Lipinski definition) is 2. The summed E-state index contributed by atoms with van der Waals surface area (Å²) in [6, 6.07) is 1.84. The van der Waals surface area contributed by atoms with Gasteiger partial charge in [-0.05, 0) is 18.4 Å². The molecule has 0 bridgehead atoms. The fraction of sp³-hybridized carbons (Fsp3) is 0.529. The Balaban J connectivity index is 2.25. The summed E-state index contributed by atoms with van der Waals surface area (Å²) in [7, 11) is 1.47. The van der Waals surface area contributed by atoms with Gasteiger partial charge in [0.1, 0.15) is 0 Å². The zero-order chi connectivity index (χ0) is 18.4. The first-order valence-corrected chi connectivity index (χ1v) is 9.88. The molecule has 0 saturated carbocycles. The molecule has 0 radical (unpaired) electrons. The molecule has 0 saturated heterocycles. The normalized spacial score (nSPS) is 11.7. The van der Waals surface area contributed by atoms with Gasteiger partial charge < -0.3 is 19.2 Å². The number of rotatable bonds is 10. The van der Waals surface area contributed by atoms with Crippen LogP contribution in [-0.2, 0) is 16.4 Å². The van der Waals surface area contributed by atoms with Crippen molar-refractivity contribution in [3.05, 3.63) is 17.8 Å². The summed E-state index contributed by atoms with van der Waals surface area (Å²) in [4.78, 5) is 3.18. The molecule has 1 aromatic carbocycles. The van der Waals surface area contributed by atoms with Gasteiger partial charge in [0.25, 0.3) is 0 Å². The van der Waals surface area contributed by atoms with Crippen LogP contribution in [0.5, 0.6) is 17.2 Å². The largest absolute Gasteiger partial charge is 0.493 e. The monoisotopic (exact) mass is 370 g/mol. The highest BCUT2D eigenvalue weighted by atomic mass is 32.2. The third-order valence-electron chi connectivity index (χ3n) is 4.04. The van der Waals surface area contributed by atoms with E-state index < -0.39 is 10.0 Å². The molecule has 8 heteroatoms. The van der Waals surface area contributed by atoms with E-state index in [2.05, 4.69) is 9.71 Å². The lowest BCUT2D eigenvalue weighted by Crippen LogP contribution is -2.28. The first-order valence-electron chi connectivity index (χ1n) is 8.23. The van der Waals surface area contributed by atoms with E-state index in [1.165, 1.54) is 0 Å². The van der Waals surface area contributed by atoms with Crippen LogP contribution in [0.25, 0.3) is 10.9 Å². The first kappa shape index (κ1) is 19.4. The lowest BCUT2D eigenvalue weighted by Gasteiger charge is -2.14. The second kappa shape index (κ2) is 8.44. The highest BCUT2D eigenvalue weighted by Gasteiger charge is 2.20. The third-order valence-corrected chi connectivity index (χ3v) is 5.51. The van der Waals surface area contributed by atoms with Gasteiger partial charge in [-0.15, -0.1) is 0 Å². The third kappa shape index (κ3) is 4.38. The lowest BCUT2D eigenvalue weighted by atomic mass is 10.1. The van der Waals surface area contributed by atoms with Crippen molar-refractivity contribution < 1.29 is 22.6 Å². The number of aromatic amines is 1. The van der Waals surface area contributed by atoms with Crippen molar-refractivity contribution in [3.63, 3.8) is 0 Å². The van der Waals surface area contributed by atoms with Crippen molar-refractivity contribution in [2.45, 2.75) is 26.2 Å². The van der Waals surface area contributed by atoms with Gasteiger partial charge in [0.05, 0.1) is 32.6 Å². The van der Waals surface area contributed by atoms with Gasteiger partial charge in [-0.2, -0.15) is 0 Å². The molecular formula is C17H26N2O5S. The Hall–Kier alpha value is -1.93. The van der Waals surface area contributed by atoms with Gasteiger partial charge in [0.15, 0.2) is 11.5 Å². The highest BCUT2D eigenvalue weighted by molar-refractivity contribution is 7.89. The van der Waals surface area contributed by atoms with Crippen LogP contribution in [-0.4, -0.2) is 47.0 Å². The summed E-state index contributed by atoms with van der Waals surface area (Å²) < 4.78 is 42.8. The molecule has 0 unspecified atom stereocenters.